The van der Waals surface area contributed by atoms with Gasteiger partial charge in [0, 0.05) is 0 Å². The van der Waals surface area contributed by atoms with Crippen LogP contribution in [0.2, 0.25) is 0 Å². The van der Waals surface area contributed by atoms with E-state index in [2.05, 4.69) is 5.32 Å². The smallest absolute Gasteiger partial charge is 0.258 e. The normalized spacial score (nSPS) is 12.0. The predicted octanol–water partition coefficient (Wildman–Crippen LogP) is 4.93. The topological polar surface area (TPSA) is 81.7 Å². The van der Waals surface area contributed by atoms with Crippen molar-refractivity contribution >= 4 is 16.9 Å². The van der Waals surface area contributed by atoms with Crippen molar-refractivity contribution in [1.82, 2.24) is 5.32 Å². The Labute approximate surface area is 179 Å². The molecule has 0 bridgehead atoms. The van der Waals surface area contributed by atoms with Crippen LogP contribution in [-0.4, -0.2) is 12.5 Å². The van der Waals surface area contributed by atoms with Gasteiger partial charge in [-0.05, 0) is 61.7 Å². The maximum absolute atomic E-state index is 13.2. The molecule has 31 heavy (non-hydrogen) atoms. The molecule has 2 aromatic heterocycles. The number of rotatable bonds is 6. The van der Waals surface area contributed by atoms with Gasteiger partial charge in [-0.15, -0.1) is 0 Å². The molecule has 0 saturated heterocycles. The number of ether oxygens (including phenoxy) is 1. The van der Waals surface area contributed by atoms with Crippen LogP contribution in [0.5, 0.6) is 5.75 Å². The monoisotopic (exact) mass is 417 g/mol. The average Bonchev–Trinajstić information content (AvgIpc) is 3.30. The van der Waals surface area contributed by atoms with E-state index in [1.807, 2.05) is 57.2 Å². The first-order chi connectivity index (χ1) is 14.9. The third kappa shape index (κ3) is 4.23. The Kier molecular flexibility index (Phi) is 5.62. The van der Waals surface area contributed by atoms with E-state index < -0.39 is 0 Å². The number of carbonyl (C=O) groups excluding carboxylic acids is 1. The van der Waals surface area contributed by atoms with Crippen molar-refractivity contribution in [2.24, 2.45) is 0 Å². The van der Waals surface area contributed by atoms with Crippen molar-refractivity contribution in [3.63, 3.8) is 0 Å². The number of amides is 1. The van der Waals surface area contributed by atoms with Crippen molar-refractivity contribution < 1.29 is 18.4 Å². The largest absolute Gasteiger partial charge is 0.476 e. The van der Waals surface area contributed by atoms with Crippen LogP contribution in [0.3, 0.4) is 0 Å². The third-order valence-corrected chi connectivity index (χ3v) is 5.23. The molecule has 158 valence electrons. The summed E-state index contributed by atoms with van der Waals surface area (Å²) in [6.07, 6.45) is 1.48. The van der Waals surface area contributed by atoms with Gasteiger partial charge in [0.1, 0.15) is 5.58 Å². The Hall–Kier alpha value is -3.80. The minimum absolute atomic E-state index is 0.0479. The third-order valence-electron chi connectivity index (χ3n) is 5.23. The molecule has 2 heterocycles. The van der Waals surface area contributed by atoms with Gasteiger partial charge in [0.05, 0.1) is 17.7 Å². The zero-order valence-corrected chi connectivity index (χ0v) is 17.6. The molecule has 4 aromatic rings. The quantitative estimate of drug-likeness (QED) is 0.481. The number of furan rings is 1. The van der Waals surface area contributed by atoms with Crippen molar-refractivity contribution in [1.29, 1.82) is 0 Å². The number of nitrogens with one attached hydrogen (secondary N) is 1. The highest BCUT2D eigenvalue weighted by molar-refractivity contribution is 5.83. The summed E-state index contributed by atoms with van der Waals surface area (Å²) in [5.41, 5.74) is 3.03. The summed E-state index contributed by atoms with van der Waals surface area (Å²) in [6, 6.07) is 16.4. The molecular formula is C25H23NO5. The number of aryl methyl sites for hydroxylation is 2. The van der Waals surface area contributed by atoms with E-state index >= 15 is 0 Å². The molecule has 0 aliphatic carbocycles. The summed E-state index contributed by atoms with van der Waals surface area (Å²) in [7, 11) is 0. The highest BCUT2D eigenvalue weighted by atomic mass is 16.5. The van der Waals surface area contributed by atoms with Crippen LogP contribution < -0.4 is 15.5 Å². The maximum Gasteiger partial charge on any atom is 0.258 e. The molecule has 1 N–H and O–H groups in total. The number of benzene rings is 2. The number of fused-ring (bicyclic) bond motifs is 1. The fraction of sp³-hybridized carbons (Fsp3) is 0.200. The van der Waals surface area contributed by atoms with Crippen LogP contribution in [0, 0.1) is 13.8 Å². The lowest BCUT2D eigenvalue weighted by atomic mass is 10.1. The maximum atomic E-state index is 13.2. The first-order valence-electron chi connectivity index (χ1n) is 10.0. The van der Waals surface area contributed by atoms with Gasteiger partial charge in [0.15, 0.2) is 12.4 Å². The molecule has 0 spiro atoms. The lowest BCUT2D eigenvalue weighted by Crippen LogP contribution is -2.32. The molecule has 0 radical (unpaired) electrons. The first kappa shape index (κ1) is 20.5. The zero-order chi connectivity index (χ0) is 22.0. The number of hydrogen-bond acceptors (Lipinski definition) is 5. The standard InChI is InChI=1S/C25H23NO5/c1-15-12-19-21(13-16(15)2)31-24(20-10-7-11-29-20)25(23(19)28)30-14-22(27)26-17(3)18-8-5-4-6-9-18/h4-13,17H,14H2,1-3H3,(H,26,27). The van der Waals surface area contributed by atoms with Gasteiger partial charge in [0.25, 0.3) is 5.91 Å². The van der Waals surface area contributed by atoms with Crippen molar-refractivity contribution in [3.05, 3.63) is 87.8 Å². The van der Waals surface area contributed by atoms with E-state index in [1.165, 1.54) is 6.26 Å². The fourth-order valence-electron chi connectivity index (χ4n) is 3.38. The molecular weight excluding hydrogens is 394 g/mol. The van der Waals surface area contributed by atoms with Gasteiger partial charge in [0.2, 0.25) is 16.9 Å². The summed E-state index contributed by atoms with van der Waals surface area (Å²) < 4.78 is 17.1. The molecule has 0 saturated carbocycles. The van der Waals surface area contributed by atoms with Gasteiger partial charge >= 0.3 is 0 Å². The molecule has 1 atom stereocenters. The van der Waals surface area contributed by atoms with E-state index in [0.717, 1.165) is 16.7 Å². The Morgan fingerprint density at radius 3 is 2.52 bits per heavy atom. The first-order valence-corrected chi connectivity index (χ1v) is 10.0. The highest BCUT2D eigenvalue weighted by Crippen LogP contribution is 2.32. The van der Waals surface area contributed by atoms with Crippen LogP contribution >= 0.6 is 0 Å². The van der Waals surface area contributed by atoms with E-state index in [-0.39, 0.29) is 35.5 Å². The highest BCUT2D eigenvalue weighted by Gasteiger charge is 2.21. The second-order valence-electron chi connectivity index (χ2n) is 7.49. The number of hydrogen-bond donors (Lipinski definition) is 1. The van der Waals surface area contributed by atoms with Crippen LogP contribution in [0.4, 0.5) is 0 Å². The van der Waals surface area contributed by atoms with Crippen molar-refractivity contribution in [2.75, 3.05) is 6.61 Å². The van der Waals surface area contributed by atoms with Gasteiger partial charge in [-0.2, -0.15) is 0 Å². The fourth-order valence-corrected chi connectivity index (χ4v) is 3.38. The van der Waals surface area contributed by atoms with Gasteiger partial charge in [-0.3, -0.25) is 9.59 Å². The second-order valence-corrected chi connectivity index (χ2v) is 7.49. The lowest BCUT2D eigenvalue weighted by molar-refractivity contribution is -0.123. The molecule has 0 aliphatic rings. The minimum Gasteiger partial charge on any atom is -0.476 e. The van der Waals surface area contributed by atoms with E-state index in [0.29, 0.717) is 16.7 Å². The van der Waals surface area contributed by atoms with Crippen LogP contribution in [0.1, 0.15) is 29.7 Å². The Balaban J connectivity index is 1.64. The van der Waals surface area contributed by atoms with Gasteiger partial charge < -0.3 is 18.9 Å². The predicted molar refractivity (Wildman–Crippen MR) is 118 cm³/mol. The summed E-state index contributed by atoms with van der Waals surface area (Å²) in [6.45, 7) is 5.43. The lowest BCUT2D eigenvalue weighted by Gasteiger charge is -2.15. The Morgan fingerprint density at radius 1 is 1.06 bits per heavy atom. The molecule has 1 amide bonds. The minimum atomic E-state index is -0.348. The molecule has 2 aromatic carbocycles. The van der Waals surface area contributed by atoms with E-state index in [9.17, 15) is 9.59 Å². The van der Waals surface area contributed by atoms with Crippen LogP contribution in [-0.2, 0) is 4.79 Å². The van der Waals surface area contributed by atoms with Crippen LogP contribution in [0.15, 0.2) is 74.5 Å². The number of carbonyl (C=O) groups is 1. The molecule has 6 nitrogen and oxygen atoms in total. The second kappa shape index (κ2) is 8.52. The molecule has 0 fully saturated rings. The summed E-state index contributed by atoms with van der Waals surface area (Å²) in [5, 5.41) is 3.27. The zero-order valence-electron chi connectivity index (χ0n) is 17.6. The molecule has 1 unspecified atom stereocenters. The van der Waals surface area contributed by atoms with E-state index in [4.69, 9.17) is 13.6 Å². The van der Waals surface area contributed by atoms with E-state index in [1.54, 1.807) is 18.2 Å². The average molecular weight is 417 g/mol. The Morgan fingerprint density at radius 2 is 1.81 bits per heavy atom. The summed E-state index contributed by atoms with van der Waals surface area (Å²) in [5.74, 6) is 0.120. The molecule has 0 aliphatic heterocycles. The van der Waals surface area contributed by atoms with Gasteiger partial charge in [-0.25, -0.2) is 0 Å². The van der Waals surface area contributed by atoms with Crippen molar-refractivity contribution in [3.8, 4) is 17.3 Å². The SMILES string of the molecule is Cc1cc2oc(-c3ccco3)c(OCC(=O)NC(C)c3ccccc3)c(=O)c2cc1C. The van der Waals surface area contributed by atoms with Crippen molar-refractivity contribution in [2.45, 2.75) is 26.8 Å². The Bertz CT molecular complexity index is 1270. The summed E-state index contributed by atoms with van der Waals surface area (Å²) in [4.78, 5) is 25.7. The molecule has 4 rings (SSSR count). The van der Waals surface area contributed by atoms with Crippen LogP contribution in [0.25, 0.3) is 22.5 Å². The summed E-state index contributed by atoms with van der Waals surface area (Å²) >= 11 is 0. The molecule has 6 heteroatoms. The van der Waals surface area contributed by atoms with Gasteiger partial charge in [-0.1, -0.05) is 30.3 Å².